The largest absolute Gasteiger partial charge is 0.394 e. The molecule has 0 radical (unpaired) electrons. The second-order valence-electron chi connectivity index (χ2n) is 3.36. The smallest absolute Gasteiger partial charge is 0.225 e. The molecule has 0 bridgehead atoms. The van der Waals surface area contributed by atoms with E-state index in [2.05, 4.69) is 5.32 Å². The minimum atomic E-state index is -0.104. The molecule has 4 nitrogen and oxygen atoms in total. The molecule has 0 aliphatic carbocycles. The van der Waals surface area contributed by atoms with Gasteiger partial charge in [0.1, 0.15) is 0 Å². The van der Waals surface area contributed by atoms with Gasteiger partial charge in [-0.3, -0.25) is 4.79 Å². The van der Waals surface area contributed by atoms with Crippen LogP contribution in [0.5, 0.6) is 0 Å². The van der Waals surface area contributed by atoms with Gasteiger partial charge in [-0.1, -0.05) is 6.92 Å². The molecule has 1 amide bonds. The minimum absolute atomic E-state index is 0.00974. The van der Waals surface area contributed by atoms with Crippen molar-refractivity contribution in [1.82, 2.24) is 5.32 Å². The molecule has 0 aromatic carbocycles. The normalized spacial score (nSPS) is 24.3. The molecule has 13 heavy (non-hydrogen) atoms. The second-order valence-corrected chi connectivity index (χ2v) is 3.36. The van der Waals surface area contributed by atoms with Crippen LogP contribution in [0.25, 0.3) is 0 Å². The van der Waals surface area contributed by atoms with Crippen molar-refractivity contribution in [2.45, 2.75) is 25.8 Å². The SMILES string of the molecule is CC[C@@H](CO)NC(=O)C1CCOC1. The summed E-state index contributed by atoms with van der Waals surface area (Å²) in [5.41, 5.74) is 0. The van der Waals surface area contributed by atoms with Gasteiger partial charge in [-0.15, -0.1) is 0 Å². The maximum atomic E-state index is 11.5. The van der Waals surface area contributed by atoms with E-state index in [9.17, 15) is 4.79 Å². The average Bonchev–Trinajstić information content (AvgIpc) is 2.66. The Hall–Kier alpha value is -0.610. The third kappa shape index (κ3) is 2.97. The Morgan fingerprint density at radius 2 is 2.54 bits per heavy atom. The summed E-state index contributed by atoms with van der Waals surface area (Å²) in [5, 5.41) is 11.7. The second kappa shape index (κ2) is 5.19. The van der Waals surface area contributed by atoms with Gasteiger partial charge in [-0.25, -0.2) is 0 Å². The van der Waals surface area contributed by atoms with Crippen molar-refractivity contribution >= 4 is 5.91 Å². The molecular weight excluding hydrogens is 170 g/mol. The van der Waals surface area contributed by atoms with Crippen molar-refractivity contribution in [2.24, 2.45) is 5.92 Å². The lowest BCUT2D eigenvalue weighted by Gasteiger charge is -2.16. The van der Waals surface area contributed by atoms with Gasteiger partial charge in [0.25, 0.3) is 0 Å². The number of rotatable bonds is 4. The first kappa shape index (κ1) is 10.5. The molecule has 2 atom stereocenters. The molecule has 1 rings (SSSR count). The van der Waals surface area contributed by atoms with Crippen LogP contribution in [0, 0.1) is 5.92 Å². The summed E-state index contributed by atoms with van der Waals surface area (Å²) in [6.45, 7) is 3.14. The number of carbonyl (C=O) groups is 1. The lowest BCUT2D eigenvalue weighted by atomic mass is 10.1. The maximum absolute atomic E-state index is 11.5. The van der Waals surface area contributed by atoms with Gasteiger partial charge < -0.3 is 15.2 Å². The number of hydrogen-bond donors (Lipinski definition) is 2. The standard InChI is InChI=1S/C9H17NO3/c1-2-8(5-11)10-9(12)7-3-4-13-6-7/h7-8,11H,2-6H2,1H3,(H,10,12)/t7?,8-/m0/s1. The van der Waals surface area contributed by atoms with E-state index in [1.165, 1.54) is 0 Å². The van der Waals surface area contributed by atoms with Gasteiger partial charge in [-0.05, 0) is 12.8 Å². The zero-order valence-corrected chi connectivity index (χ0v) is 7.95. The van der Waals surface area contributed by atoms with Crippen molar-refractivity contribution in [2.75, 3.05) is 19.8 Å². The number of hydrogen-bond acceptors (Lipinski definition) is 3. The molecule has 1 saturated heterocycles. The fourth-order valence-corrected chi connectivity index (χ4v) is 1.34. The van der Waals surface area contributed by atoms with Crippen molar-refractivity contribution in [3.8, 4) is 0 Å². The first-order valence-corrected chi connectivity index (χ1v) is 4.77. The van der Waals surface area contributed by atoms with E-state index in [1.54, 1.807) is 0 Å². The number of carbonyl (C=O) groups excluding carboxylic acids is 1. The summed E-state index contributed by atoms with van der Waals surface area (Å²) in [6.07, 6.45) is 1.56. The van der Waals surface area contributed by atoms with E-state index in [0.29, 0.717) is 13.2 Å². The molecule has 4 heteroatoms. The summed E-state index contributed by atoms with van der Waals surface area (Å²) < 4.78 is 5.10. The molecule has 0 aromatic rings. The van der Waals surface area contributed by atoms with Crippen molar-refractivity contribution in [1.29, 1.82) is 0 Å². The molecule has 0 spiro atoms. The van der Waals surface area contributed by atoms with Gasteiger partial charge in [0.05, 0.1) is 25.2 Å². The predicted octanol–water partition coefficient (Wildman–Crippen LogP) is -0.0900. The molecule has 1 fully saturated rings. The van der Waals surface area contributed by atoms with E-state index in [1.807, 2.05) is 6.92 Å². The molecule has 76 valence electrons. The van der Waals surface area contributed by atoms with Crippen LogP contribution in [0.2, 0.25) is 0 Å². The van der Waals surface area contributed by atoms with Gasteiger partial charge in [-0.2, -0.15) is 0 Å². The first-order chi connectivity index (χ1) is 6.27. The Balaban J connectivity index is 2.30. The molecule has 0 saturated carbocycles. The highest BCUT2D eigenvalue weighted by Crippen LogP contribution is 2.12. The summed E-state index contributed by atoms with van der Waals surface area (Å²) >= 11 is 0. The van der Waals surface area contributed by atoms with Crippen LogP contribution < -0.4 is 5.32 Å². The zero-order valence-electron chi connectivity index (χ0n) is 7.95. The van der Waals surface area contributed by atoms with Crippen LogP contribution in [-0.4, -0.2) is 36.9 Å². The Labute approximate surface area is 78.3 Å². The number of amides is 1. The number of ether oxygens (including phenoxy) is 1. The van der Waals surface area contributed by atoms with Crippen molar-refractivity contribution in [3.05, 3.63) is 0 Å². The lowest BCUT2D eigenvalue weighted by molar-refractivity contribution is -0.126. The summed E-state index contributed by atoms with van der Waals surface area (Å²) in [7, 11) is 0. The first-order valence-electron chi connectivity index (χ1n) is 4.77. The molecular formula is C9H17NO3. The van der Waals surface area contributed by atoms with Crippen molar-refractivity contribution < 1.29 is 14.6 Å². The Morgan fingerprint density at radius 1 is 1.77 bits per heavy atom. The Kier molecular flexibility index (Phi) is 4.18. The predicted molar refractivity (Wildman–Crippen MR) is 48.2 cm³/mol. The van der Waals surface area contributed by atoms with E-state index in [0.717, 1.165) is 12.8 Å². The van der Waals surface area contributed by atoms with E-state index >= 15 is 0 Å². The lowest BCUT2D eigenvalue weighted by Crippen LogP contribution is -2.40. The van der Waals surface area contributed by atoms with Gasteiger partial charge in [0, 0.05) is 6.61 Å². The topological polar surface area (TPSA) is 58.6 Å². The fourth-order valence-electron chi connectivity index (χ4n) is 1.34. The van der Waals surface area contributed by atoms with Crippen LogP contribution in [-0.2, 0) is 9.53 Å². The van der Waals surface area contributed by atoms with Crippen molar-refractivity contribution in [3.63, 3.8) is 0 Å². The van der Waals surface area contributed by atoms with Crippen LogP contribution in [0.15, 0.2) is 0 Å². The van der Waals surface area contributed by atoms with E-state index < -0.39 is 0 Å². The van der Waals surface area contributed by atoms with Crippen LogP contribution in [0.1, 0.15) is 19.8 Å². The number of aliphatic hydroxyl groups excluding tert-OH is 1. The summed E-state index contributed by atoms with van der Waals surface area (Å²) in [4.78, 5) is 11.5. The van der Waals surface area contributed by atoms with Gasteiger partial charge in [0.15, 0.2) is 0 Å². The third-order valence-corrected chi connectivity index (χ3v) is 2.36. The summed E-state index contributed by atoms with van der Waals surface area (Å²) in [6, 6.07) is -0.104. The van der Waals surface area contributed by atoms with Gasteiger partial charge >= 0.3 is 0 Å². The fraction of sp³-hybridized carbons (Fsp3) is 0.889. The van der Waals surface area contributed by atoms with Crippen LogP contribution in [0.4, 0.5) is 0 Å². The number of nitrogens with one attached hydrogen (secondary N) is 1. The van der Waals surface area contributed by atoms with Gasteiger partial charge in [0.2, 0.25) is 5.91 Å². The Bertz CT molecular complexity index is 162. The third-order valence-electron chi connectivity index (χ3n) is 2.36. The van der Waals surface area contributed by atoms with Crippen LogP contribution >= 0.6 is 0 Å². The Morgan fingerprint density at radius 3 is 3.00 bits per heavy atom. The highest BCUT2D eigenvalue weighted by molar-refractivity contribution is 5.79. The highest BCUT2D eigenvalue weighted by Gasteiger charge is 2.24. The highest BCUT2D eigenvalue weighted by atomic mass is 16.5. The average molecular weight is 187 g/mol. The van der Waals surface area contributed by atoms with Crippen LogP contribution in [0.3, 0.4) is 0 Å². The molecule has 1 aliphatic rings. The molecule has 1 unspecified atom stereocenters. The van der Waals surface area contributed by atoms with E-state index in [-0.39, 0.29) is 24.5 Å². The number of aliphatic hydroxyl groups is 1. The monoisotopic (exact) mass is 187 g/mol. The minimum Gasteiger partial charge on any atom is -0.394 e. The van der Waals surface area contributed by atoms with E-state index in [4.69, 9.17) is 9.84 Å². The molecule has 0 aromatic heterocycles. The summed E-state index contributed by atoms with van der Waals surface area (Å²) in [5.74, 6) is -0.000926. The zero-order chi connectivity index (χ0) is 9.68. The molecule has 2 N–H and O–H groups in total. The molecule has 1 aliphatic heterocycles. The molecule has 1 heterocycles. The quantitative estimate of drug-likeness (QED) is 0.646. The maximum Gasteiger partial charge on any atom is 0.225 e.